The highest BCUT2D eigenvalue weighted by Gasteiger charge is 2.34. The van der Waals surface area contributed by atoms with Crippen molar-refractivity contribution in [3.05, 3.63) is 65.7 Å². The molecule has 2 aromatic rings. The van der Waals surface area contributed by atoms with Gasteiger partial charge in [0.05, 0.1) is 7.11 Å². The lowest BCUT2D eigenvalue weighted by atomic mass is 10.1. The summed E-state index contributed by atoms with van der Waals surface area (Å²) < 4.78 is 5.22. The van der Waals surface area contributed by atoms with E-state index < -0.39 is 0 Å². The van der Waals surface area contributed by atoms with Crippen molar-refractivity contribution in [1.29, 1.82) is 0 Å². The van der Waals surface area contributed by atoms with Crippen molar-refractivity contribution in [3.8, 4) is 5.75 Å². The number of methoxy groups -OCH3 is 1. The summed E-state index contributed by atoms with van der Waals surface area (Å²) in [5.41, 5.74) is 2.38. The van der Waals surface area contributed by atoms with Crippen LogP contribution in [0.1, 0.15) is 37.3 Å². The van der Waals surface area contributed by atoms with Gasteiger partial charge < -0.3 is 9.64 Å². The van der Waals surface area contributed by atoms with Crippen molar-refractivity contribution >= 4 is 5.91 Å². The molecule has 1 aliphatic rings. The molecular formula is C22H27NO2. The first-order valence-electron chi connectivity index (χ1n) is 9.13. The molecule has 1 fully saturated rings. The van der Waals surface area contributed by atoms with E-state index in [4.69, 9.17) is 4.74 Å². The zero-order valence-corrected chi connectivity index (χ0v) is 15.2. The number of ether oxygens (including phenoxy) is 1. The smallest absolute Gasteiger partial charge is 0.223 e. The van der Waals surface area contributed by atoms with Crippen molar-refractivity contribution < 1.29 is 9.53 Å². The van der Waals surface area contributed by atoms with Gasteiger partial charge in [-0.2, -0.15) is 0 Å². The molecule has 1 unspecified atom stereocenters. The van der Waals surface area contributed by atoms with Crippen molar-refractivity contribution in [2.45, 2.75) is 45.2 Å². The van der Waals surface area contributed by atoms with E-state index in [0.29, 0.717) is 24.9 Å². The molecule has 3 heteroatoms. The van der Waals surface area contributed by atoms with Crippen molar-refractivity contribution in [3.63, 3.8) is 0 Å². The largest absolute Gasteiger partial charge is 0.497 e. The van der Waals surface area contributed by atoms with Gasteiger partial charge in [-0.3, -0.25) is 4.79 Å². The van der Waals surface area contributed by atoms with Crippen LogP contribution in [0.3, 0.4) is 0 Å². The zero-order chi connectivity index (χ0) is 17.6. The number of hydrogen-bond donors (Lipinski definition) is 0. The van der Waals surface area contributed by atoms with Gasteiger partial charge in [-0.05, 0) is 55.4 Å². The van der Waals surface area contributed by atoms with Gasteiger partial charge in [-0.15, -0.1) is 0 Å². The van der Waals surface area contributed by atoms with Gasteiger partial charge in [0.15, 0.2) is 0 Å². The molecule has 0 aliphatic heterocycles. The highest BCUT2D eigenvalue weighted by atomic mass is 16.5. The Balaban J connectivity index is 1.66. The van der Waals surface area contributed by atoms with Crippen molar-refractivity contribution in [2.75, 3.05) is 7.11 Å². The molecule has 1 atom stereocenters. The normalized spacial score (nSPS) is 14.8. The Labute approximate surface area is 150 Å². The molecular weight excluding hydrogens is 310 g/mol. The first-order valence-corrected chi connectivity index (χ1v) is 9.13. The van der Waals surface area contributed by atoms with Crippen LogP contribution < -0.4 is 4.74 Å². The van der Waals surface area contributed by atoms with Gasteiger partial charge >= 0.3 is 0 Å². The molecule has 0 saturated heterocycles. The number of carbonyl (C=O) groups excluding carboxylic acids is 1. The van der Waals surface area contributed by atoms with E-state index in [1.54, 1.807) is 7.11 Å². The zero-order valence-electron chi connectivity index (χ0n) is 15.2. The maximum atomic E-state index is 12.9. The van der Waals surface area contributed by atoms with E-state index >= 15 is 0 Å². The number of hydrogen-bond acceptors (Lipinski definition) is 2. The highest BCUT2D eigenvalue weighted by Crippen LogP contribution is 2.36. The Bertz CT molecular complexity index is 677. The first-order chi connectivity index (χ1) is 12.2. The summed E-state index contributed by atoms with van der Waals surface area (Å²) in [4.78, 5) is 15.0. The molecule has 1 saturated carbocycles. The lowest BCUT2D eigenvalue weighted by molar-refractivity contribution is -0.134. The topological polar surface area (TPSA) is 29.5 Å². The minimum Gasteiger partial charge on any atom is -0.497 e. The van der Waals surface area contributed by atoms with E-state index in [1.807, 2.05) is 30.3 Å². The van der Waals surface area contributed by atoms with Crippen LogP contribution in [0.5, 0.6) is 5.75 Å². The van der Waals surface area contributed by atoms with Gasteiger partial charge in [0, 0.05) is 19.0 Å². The van der Waals surface area contributed by atoms with E-state index in [2.05, 4.69) is 36.1 Å². The maximum absolute atomic E-state index is 12.9. The Kier molecular flexibility index (Phi) is 5.75. The Morgan fingerprint density at radius 2 is 1.76 bits per heavy atom. The van der Waals surface area contributed by atoms with E-state index in [-0.39, 0.29) is 5.91 Å². The minimum atomic E-state index is 0.249. The fourth-order valence-electron chi connectivity index (χ4n) is 3.26. The summed E-state index contributed by atoms with van der Waals surface area (Å²) in [7, 11) is 1.67. The van der Waals surface area contributed by atoms with Gasteiger partial charge in [-0.25, -0.2) is 0 Å². The number of benzene rings is 2. The standard InChI is InChI=1S/C22H27NO2/c1-17(20-11-12-20)23(16-19-8-13-21(25-2)14-9-19)22(24)15-10-18-6-4-3-5-7-18/h3-9,13-14,17,20H,10-12,15-16H2,1-2H3. The Hall–Kier alpha value is -2.29. The van der Waals surface area contributed by atoms with E-state index in [0.717, 1.165) is 17.7 Å². The highest BCUT2D eigenvalue weighted by molar-refractivity contribution is 5.77. The van der Waals surface area contributed by atoms with Crippen LogP contribution in [0.25, 0.3) is 0 Å². The monoisotopic (exact) mass is 337 g/mol. The third-order valence-electron chi connectivity index (χ3n) is 5.10. The second-order valence-electron chi connectivity index (χ2n) is 6.93. The molecule has 0 radical (unpaired) electrons. The average molecular weight is 337 g/mol. The molecule has 25 heavy (non-hydrogen) atoms. The summed E-state index contributed by atoms with van der Waals surface area (Å²) in [5, 5.41) is 0. The number of carbonyl (C=O) groups is 1. The van der Waals surface area contributed by atoms with Gasteiger partial charge in [-0.1, -0.05) is 42.5 Å². The average Bonchev–Trinajstić information content (AvgIpc) is 3.50. The summed E-state index contributed by atoms with van der Waals surface area (Å²) >= 11 is 0. The predicted octanol–water partition coefficient (Wildman–Crippen LogP) is 4.46. The number of aryl methyl sites for hydroxylation is 1. The molecule has 0 N–H and O–H groups in total. The lowest BCUT2D eigenvalue weighted by Gasteiger charge is -2.30. The molecule has 0 bridgehead atoms. The fraction of sp³-hybridized carbons (Fsp3) is 0.409. The van der Waals surface area contributed by atoms with Crippen LogP contribution >= 0.6 is 0 Å². The molecule has 3 rings (SSSR count). The van der Waals surface area contributed by atoms with Crippen LogP contribution in [0.4, 0.5) is 0 Å². The van der Waals surface area contributed by atoms with Gasteiger partial charge in [0.25, 0.3) is 0 Å². The summed E-state index contributed by atoms with van der Waals surface area (Å²) in [6.07, 6.45) is 3.85. The first kappa shape index (κ1) is 17.5. The summed E-state index contributed by atoms with van der Waals surface area (Å²) in [6, 6.07) is 18.6. The molecule has 1 aliphatic carbocycles. The quantitative estimate of drug-likeness (QED) is 0.712. The fourth-order valence-corrected chi connectivity index (χ4v) is 3.26. The predicted molar refractivity (Wildman–Crippen MR) is 100 cm³/mol. The Morgan fingerprint density at radius 3 is 2.36 bits per heavy atom. The third kappa shape index (κ3) is 4.85. The van der Waals surface area contributed by atoms with E-state index in [9.17, 15) is 4.79 Å². The lowest BCUT2D eigenvalue weighted by Crippen LogP contribution is -2.39. The van der Waals surface area contributed by atoms with Crippen LogP contribution in [0.2, 0.25) is 0 Å². The number of rotatable bonds is 8. The molecule has 2 aromatic carbocycles. The molecule has 3 nitrogen and oxygen atoms in total. The molecule has 1 amide bonds. The second kappa shape index (κ2) is 8.19. The van der Waals surface area contributed by atoms with Crippen LogP contribution in [-0.2, 0) is 17.8 Å². The molecule has 0 aromatic heterocycles. The summed E-state index contributed by atoms with van der Waals surface area (Å²) in [5.74, 6) is 1.76. The van der Waals surface area contributed by atoms with Gasteiger partial charge in [0.1, 0.15) is 5.75 Å². The third-order valence-corrected chi connectivity index (χ3v) is 5.10. The second-order valence-corrected chi connectivity index (χ2v) is 6.93. The van der Waals surface area contributed by atoms with Crippen molar-refractivity contribution in [2.24, 2.45) is 5.92 Å². The van der Waals surface area contributed by atoms with E-state index in [1.165, 1.54) is 18.4 Å². The SMILES string of the molecule is COc1ccc(CN(C(=O)CCc2ccccc2)C(C)C2CC2)cc1. The van der Waals surface area contributed by atoms with Crippen molar-refractivity contribution in [1.82, 2.24) is 4.90 Å². The summed E-state index contributed by atoms with van der Waals surface area (Å²) in [6.45, 7) is 2.87. The van der Waals surface area contributed by atoms with Crippen LogP contribution in [0, 0.1) is 5.92 Å². The van der Waals surface area contributed by atoms with Crippen LogP contribution in [0.15, 0.2) is 54.6 Å². The maximum Gasteiger partial charge on any atom is 0.223 e. The van der Waals surface area contributed by atoms with Gasteiger partial charge in [0.2, 0.25) is 5.91 Å². The van der Waals surface area contributed by atoms with Crippen LogP contribution in [-0.4, -0.2) is 24.0 Å². The molecule has 132 valence electrons. The molecule has 0 heterocycles. The number of nitrogens with zero attached hydrogens (tertiary/aromatic N) is 1. The minimum absolute atomic E-state index is 0.249. The molecule has 0 spiro atoms. The number of amides is 1. The Morgan fingerprint density at radius 1 is 1.08 bits per heavy atom.